The van der Waals surface area contributed by atoms with Gasteiger partial charge in [0.2, 0.25) is 0 Å². The van der Waals surface area contributed by atoms with Crippen molar-refractivity contribution in [1.82, 2.24) is 9.78 Å². The Balaban J connectivity index is 1.70. The Morgan fingerprint density at radius 3 is 2.56 bits per heavy atom. The van der Waals surface area contributed by atoms with E-state index >= 15 is 0 Å². The quantitative estimate of drug-likeness (QED) is 0.684. The summed E-state index contributed by atoms with van der Waals surface area (Å²) in [6.07, 6.45) is 3.38. The molecule has 2 unspecified atom stereocenters. The van der Waals surface area contributed by atoms with Gasteiger partial charge in [-0.15, -0.1) is 0 Å². The summed E-state index contributed by atoms with van der Waals surface area (Å²) in [6.45, 7) is 2.16. The molecule has 0 saturated heterocycles. The summed E-state index contributed by atoms with van der Waals surface area (Å²) in [5, 5.41) is 8.04. The molecule has 2 heterocycles. The smallest absolute Gasteiger partial charge is 0.343 e. The van der Waals surface area contributed by atoms with Crippen molar-refractivity contribution in [2.45, 2.75) is 31.8 Å². The van der Waals surface area contributed by atoms with E-state index < -0.39 is 0 Å². The van der Waals surface area contributed by atoms with Crippen LogP contribution in [0, 0.1) is 0 Å². The maximum Gasteiger partial charge on any atom is 0.343 e. The molecule has 1 aromatic heterocycles. The van der Waals surface area contributed by atoms with Gasteiger partial charge in [-0.1, -0.05) is 60.7 Å². The van der Waals surface area contributed by atoms with Crippen molar-refractivity contribution in [3.63, 3.8) is 0 Å². The lowest BCUT2D eigenvalue weighted by atomic mass is 9.93. The Labute approximate surface area is 159 Å². The highest BCUT2D eigenvalue weighted by Gasteiger charge is 2.32. The first kappa shape index (κ1) is 17.3. The van der Waals surface area contributed by atoms with E-state index in [-0.39, 0.29) is 18.1 Å². The van der Waals surface area contributed by atoms with E-state index in [9.17, 15) is 4.79 Å². The van der Waals surface area contributed by atoms with Crippen molar-refractivity contribution in [3.8, 4) is 0 Å². The predicted octanol–water partition coefficient (Wildman–Crippen LogP) is 4.40. The maximum atomic E-state index is 12.4. The molecule has 3 aromatic rings. The summed E-state index contributed by atoms with van der Waals surface area (Å²) >= 11 is 0. The van der Waals surface area contributed by atoms with Gasteiger partial charge >= 0.3 is 5.97 Å². The van der Waals surface area contributed by atoms with Crippen molar-refractivity contribution >= 4 is 11.8 Å². The average Bonchev–Trinajstić information content (AvgIpc) is 3.14. The number of fused-ring (bicyclic) bond motifs is 1. The third kappa shape index (κ3) is 3.58. The van der Waals surface area contributed by atoms with Crippen LogP contribution in [0.25, 0.3) is 0 Å². The summed E-state index contributed by atoms with van der Waals surface area (Å²) < 4.78 is 7.16. The maximum absolute atomic E-state index is 12.4. The van der Waals surface area contributed by atoms with Crippen LogP contribution in [0.1, 0.15) is 46.9 Å². The third-order valence-electron chi connectivity index (χ3n) is 4.97. The van der Waals surface area contributed by atoms with Gasteiger partial charge in [-0.3, -0.25) is 0 Å². The van der Waals surface area contributed by atoms with Crippen LogP contribution in [0.2, 0.25) is 0 Å². The topological polar surface area (TPSA) is 56.1 Å². The number of benzene rings is 2. The molecule has 1 aliphatic heterocycles. The Kier molecular flexibility index (Phi) is 4.92. The lowest BCUT2D eigenvalue weighted by molar-refractivity contribution is 0.0527. The van der Waals surface area contributed by atoms with Gasteiger partial charge in [-0.2, -0.15) is 5.10 Å². The Morgan fingerprint density at radius 2 is 1.85 bits per heavy atom. The Bertz CT molecular complexity index is 906. The highest BCUT2D eigenvalue weighted by Crippen LogP contribution is 2.38. The molecule has 5 heteroatoms. The number of anilines is 1. The van der Waals surface area contributed by atoms with E-state index in [2.05, 4.69) is 46.8 Å². The number of hydrogen-bond acceptors (Lipinski definition) is 4. The fourth-order valence-electron chi connectivity index (χ4n) is 3.70. The van der Waals surface area contributed by atoms with Crippen LogP contribution in [-0.2, 0) is 11.2 Å². The molecule has 2 atom stereocenters. The monoisotopic (exact) mass is 361 g/mol. The largest absolute Gasteiger partial charge is 0.462 e. The van der Waals surface area contributed by atoms with Crippen LogP contribution in [0.15, 0.2) is 66.9 Å². The number of aromatic nitrogens is 2. The number of carbonyl (C=O) groups is 1. The van der Waals surface area contributed by atoms with Crippen LogP contribution in [0.5, 0.6) is 0 Å². The van der Waals surface area contributed by atoms with Gasteiger partial charge in [0.1, 0.15) is 11.4 Å². The molecule has 1 aliphatic rings. The molecule has 0 saturated carbocycles. The highest BCUT2D eigenvalue weighted by molar-refractivity contribution is 5.94. The van der Waals surface area contributed by atoms with E-state index in [0.29, 0.717) is 12.2 Å². The minimum absolute atomic E-state index is 0.122. The fraction of sp³-hybridized carbons (Fsp3) is 0.273. The number of rotatable bonds is 5. The number of hydrogen-bond donors (Lipinski definition) is 1. The van der Waals surface area contributed by atoms with Gasteiger partial charge in [-0.05, 0) is 30.9 Å². The third-order valence-corrected chi connectivity index (χ3v) is 4.97. The fourth-order valence-corrected chi connectivity index (χ4v) is 3.70. The number of ether oxygens (including phenoxy) is 1. The molecule has 138 valence electrons. The minimum Gasteiger partial charge on any atom is -0.462 e. The molecule has 1 N–H and O–H groups in total. The summed E-state index contributed by atoms with van der Waals surface area (Å²) in [4.78, 5) is 12.4. The van der Waals surface area contributed by atoms with E-state index in [1.54, 1.807) is 6.20 Å². The Hall–Kier alpha value is -3.08. The summed E-state index contributed by atoms with van der Waals surface area (Å²) in [7, 11) is 0. The van der Waals surface area contributed by atoms with Crippen molar-refractivity contribution in [1.29, 1.82) is 0 Å². The van der Waals surface area contributed by atoms with E-state index in [0.717, 1.165) is 18.7 Å². The first-order chi connectivity index (χ1) is 13.3. The summed E-state index contributed by atoms with van der Waals surface area (Å²) in [6, 6.07) is 21.0. The zero-order valence-corrected chi connectivity index (χ0v) is 15.3. The molecule has 0 amide bonds. The number of nitrogens with zero attached hydrogens (tertiary/aromatic N) is 2. The molecule has 27 heavy (non-hydrogen) atoms. The van der Waals surface area contributed by atoms with Crippen molar-refractivity contribution in [2.75, 3.05) is 11.9 Å². The molecule has 0 fully saturated rings. The van der Waals surface area contributed by atoms with Gasteiger partial charge < -0.3 is 10.1 Å². The van der Waals surface area contributed by atoms with Crippen LogP contribution in [0.3, 0.4) is 0 Å². The van der Waals surface area contributed by atoms with Crippen LogP contribution >= 0.6 is 0 Å². The molecule has 0 radical (unpaired) electrons. The highest BCUT2D eigenvalue weighted by atomic mass is 16.5. The Morgan fingerprint density at radius 1 is 1.15 bits per heavy atom. The minimum atomic E-state index is -0.335. The van der Waals surface area contributed by atoms with Crippen LogP contribution in [0.4, 0.5) is 5.82 Å². The SMILES string of the molecule is CCOC(=O)c1cnn2c1NC(c1ccccc1)CC2Cc1ccccc1. The van der Waals surface area contributed by atoms with Gasteiger partial charge in [0.05, 0.1) is 24.9 Å². The zero-order valence-electron chi connectivity index (χ0n) is 15.3. The van der Waals surface area contributed by atoms with Gasteiger partial charge in [0, 0.05) is 0 Å². The molecule has 4 rings (SSSR count). The van der Waals surface area contributed by atoms with Gasteiger partial charge in [0.15, 0.2) is 0 Å². The first-order valence-electron chi connectivity index (χ1n) is 9.36. The second kappa shape index (κ2) is 7.66. The second-order valence-corrected chi connectivity index (χ2v) is 6.76. The van der Waals surface area contributed by atoms with Crippen molar-refractivity contribution < 1.29 is 9.53 Å². The molecule has 0 spiro atoms. The van der Waals surface area contributed by atoms with E-state index in [1.807, 2.05) is 35.9 Å². The molecule has 5 nitrogen and oxygen atoms in total. The second-order valence-electron chi connectivity index (χ2n) is 6.76. The summed E-state index contributed by atoms with van der Waals surface area (Å²) in [5.41, 5.74) is 2.96. The zero-order chi connectivity index (χ0) is 18.6. The number of carbonyl (C=O) groups excluding carboxylic acids is 1. The van der Waals surface area contributed by atoms with Gasteiger partial charge in [-0.25, -0.2) is 9.48 Å². The molecular formula is C22H23N3O2. The average molecular weight is 361 g/mol. The first-order valence-corrected chi connectivity index (χ1v) is 9.36. The standard InChI is InChI=1S/C22H23N3O2/c1-2-27-22(26)19-15-23-25-18(13-16-9-5-3-6-10-16)14-20(24-21(19)25)17-11-7-4-8-12-17/h3-12,15,18,20,24H,2,13-14H2,1H3. The van der Waals surface area contributed by atoms with Crippen molar-refractivity contribution in [3.05, 3.63) is 83.6 Å². The molecule has 0 aliphatic carbocycles. The van der Waals surface area contributed by atoms with E-state index in [1.165, 1.54) is 11.1 Å². The number of nitrogens with one attached hydrogen (secondary N) is 1. The van der Waals surface area contributed by atoms with Gasteiger partial charge in [0.25, 0.3) is 0 Å². The normalized spacial score (nSPS) is 18.4. The van der Waals surface area contributed by atoms with Crippen LogP contribution < -0.4 is 5.32 Å². The predicted molar refractivity (Wildman–Crippen MR) is 105 cm³/mol. The van der Waals surface area contributed by atoms with Crippen LogP contribution in [-0.4, -0.2) is 22.4 Å². The van der Waals surface area contributed by atoms with E-state index in [4.69, 9.17) is 4.74 Å². The molecular weight excluding hydrogens is 338 g/mol. The lowest BCUT2D eigenvalue weighted by Gasteiger charge is -2.33. The molecule has 2 aromatic carbocycles. The summed E-state index contributed by atoms with van der Waals surface area (Å²) in [5.74, 6) is 0.410. The molecule has 0 bridgehead atoms. The lowest BCUT2D eigenvalue weighted by Crippen LogP contribution is -2.29. The number of esters is 1. The van der Waals surface area contributed by atoms with Crippen molar-refractivity contribution in [2.24, 2.45) is 0 Å².